The molecule has 2 amide bonds. The molecule has 0 unspecified atom stereocenters. The molecule has 0 aliphatic carbocycles. The maximum absolute atomic E-state index is 11.8. The molecule has 0 saturated carbocycles. The molecule has 1 aromatic carbocycles. The number of nitrogens with one attached hydrogen (secondary N) is 2. The van der Waals surface area contributed by atoms with Crippen molar-refractivity contribution < 1.29 is 13.2 Å². The molecule has 5 nitrogen and oxygen atoms in total. The van der Waals surface area contributed by atoms with Crippen molar-refractivity contribution in [1.82, 2.24) is 10.0 Å². The lowest BCUT2D eigenvalue weighted by molar-refractivity contribution is 0.243. The van der Waals surface area contributed by atoms with Crippen LogP contribution in [-0.4, -0.2) is 20.5 Å². The van der Waals surface area contributed by atoms with E-state index >= 15 is 0 Å². The van der Waals surface area contributed by atoms with Crippen molar-refractivity contribution >= 4 is 32.0 Å². The van der Waals surface area contributed by atoms with E-state index in [1.165, 1.54) is 12.1 Å². The Morgan fingerprint density at radius 2 is 2.00 bits per heavy atom. The van der Waals surface area contributed by atoms with E-state index in [1.807, 2.05) is 4.72 Å². The minimum Gasteiger partial charge on any atom is -0.335 e. The van der Waals surface area contributed by atoms with Crippen molar-refractivity contribution in [1.29, 1.82) is 0 Å². The zero-order valence-corrected chi connectivity index (χ0v) is 11.8. The van der Waals surface area contributed by atoms with E-state index in [9.17, 15) is 13.2 Å². The largest absolute Gasteiger partial charge is 0.335 e. The summed E-state index contributed by atoms with van der Waals surface area (Å²) in [6.45, 7) is 3.48. The molecule has 0 bridgehead atoms. The fourth-order valence-corrected chi connectivity index (χ4v) is 2.62. The molecule has 0 aliphatic heterocycles. The van der Waals surface area contributed by atoms with Crippen molar-refractivity contribution in [3.63, 3.8) is 0 Å². The predicted octanol–water partition coefficient (Wildman–Crippen LogP) is 1.85. The third kappa shape index (κ3) is 4.35. The monoisotopic (exact) mass is 320 g/mol. The van der Waals surface area contributed by atoms with Crippen molar-refractivity contribution in [3.8, 4) is 0 Å². The number of benzene rings is 1. The number of rotatable bonds is 3. The van der Waals surface area contributed by atoms with E-state index in [0.717, 1.165) is 0 Å². The topological polar surface area (TPSA) is 75.3 Å². The van der Waals surface area contributed by atoms with Crippen LogP contribution in [0.3, 0.4) is 0 Å². The highest BCUT2D eigenvalue weighted by Gasteiger charge is 2.17. The Hall–Kier alpha value is -1.08. The van der Waals surface area contributed by atoms with Crippen LogP contribution in [-0.2, 0) is 10.0 Å². The smallest absolute Gasteiger partial charge is 0.328 e. The summed E-state index contributed by atoms with van der Waals surface area (Å²) >= 11 is 3.17. The average Bonchev–Trinajstić information content (AvgIpc) is 2.15. The lowest BCUT2D eigenvalue weighted by atomic mass is 10.4. The first kappa shape index (κ1) is 14.0. The summed E-state index contributed by atoms with van der Waals surface area (Å²) in [6, 6.07) is 5.25. The van der Waals surface area contributed by atoms with Gasteiger partial charge >= 0.3 is 6.03 Å². The molecular formula is C10H13BrN2O3S. The van der Waals surface area contributed by atoms with Gasteiger partial charge in [0, 0.05) is 10.5 Å². The van der Waals surface area contributed by atoms with Gasteiger partial charge in [-0.3, -0.25) is 0 Å². The van der Waals surface area contributed by atoms with Crippen LogP contribution in [0.1, 0.15) is 13.8 Å². The van der Waals surface area contributed by atoms with E-state index in [2.05, 4.69) is 21.2 Å². The van der Waals surface area contributed by atoms with Crippen LogP contribution in [0.25, 0.3) is 0 Å². The Balaban J connectivity index is 2.86. The van der Waals surface area contributed by atoms with Gasteiger partial charge < -0.3 is 5.32 Å². The van der Waals surface area contributed by atoms with Gasteiger partial charge in [-0.25, -0.2) is 17.9 Å². The van der Waals surface area contributed by atoms with Crippen molar-refractivity contribution in [2.45, 2.75) is 24.8 Å². The minimum absolute atomic E-state index is 0.0331. The minimum atomic E-state index is -3.82. The molecule has 0 atom stereocenters. The van der Waals surface area contributed by atoms with Crippen LogP contribution >= 0.6 is 15.9 Å². The van der Waals surface area contributed by atoms with Crippen LogP contribution in [0.2, 0.25) is 0 Å². The molecule has 0 spiro atoms. The Morgan fingerprint density at radius 3 is 2.53 bits per heavy atom. The summed E-state index contributed by atoms with van der Waals surface area (Å²) in [5.41, 5.74) is 0. The first-order valence-electron chi connectivity index (χ1n) is 4.90. The third-order valence-electron chi connectivity index (χ3n) is 1.75. The predicted molar refractivity (Wildman–Crippen MR) is 68.1 cm³/mol. The Bertz CT molecular complexity index is 514. The lowest BCUT2D eigenvalue weighted by Gasteiger charge is -2.10. The van der Waals surface area contributed by atoms with Gasteiger partial charge in [0.25, 0.3) is 10.0 Å². The second-order valence-electron chi connectivity index (χ2n) is 3.69. The zero-order valence-electron chi connectivity index (χ0n) is 9.40. The number of sulfonamides is 1. The molecule has 2 N–H and O–H groups in total. The van der Waals surface area contributed by atoms with E-state index < -0.39 is 16.1 Å². The van der Waals surface area contributed by atoms with Crippen LogP contribution in [0.5, 0.6) is 0 Å². The number of hydrogen-bond donors (Lipinski definition) is 2. The number of amides is 2. The SMILES string of the molecule is CC(C)NC(=O)NS(=O)(=O)c1cccc(Br)c1. The van der Waals surface area contributed by atoms with Crippen LogP contribution < -0.4 is 10.0 Å². The van der Waals surface area contributed by atoms with Gasteiger partial charge in [-0.1, -0.05) is 22.0 Å². The van der Waals surface area contributed by atoms with Crippen molar-refractivity contribution in [2.75, 3.05) is 0 Å². The molecule has 0 fully saturated rings. The maximum Gasteiger partial charge on any atom is 0.328 e. The van der Waals surface area contributed by atoms with E-state index in [-0.39, 0.29) is 10.9 Å². The molecule has 0 aromatic heterocycles. The fraction of sp³-hybridized carbons (Fsp3) is 0.300. The Labute approximate surface area is 109 Å². The summed E-state index contributed by atoms with van der Waals surface area (Å²) in [7, 11) is -3.82. The van der Waals surface area contributed by atoms with Gasteiger partial charge in [0.05, 0.1) is 4.90 Å². The van der Waals surface area contributed by atoms with E-state index in [1.54, 1.807) is 26.0 Å². The number of carbonyl (C=O) groups is 1. The molecular weight excluding hydrogens is 308 g/mol. The third-order valence-corrected chi connectivity index (χ3v) is 3.58. The molecule has 0 saturated heterocycles. The molecule has 0 aliphatic rings. The highest BCUT2D eigenvalue weighted by molar-refractivity contribution is 9.10. The summed E-state index contributed by atoms with van der Waals surface area (Å²) in [6.07, 6.45) is 0. The number of hydrogen-bond acceptors (Lipinski definition) is 3. The van der Waals surface area contributed by atoms with Crippen LogP contribution in [0.4, 0.5) is 4.79 Å². The number of carbonyl (C=O) groups excluding carboxylic acids is 1. The van der Waals surface area contributed by atoms with Crippen molar-refractivity contribution in [3.05, 3.63) is 28.7 Å². The number of halogens is 1. The molecule has 1 aromatic rings. The maximum atomic E-state index is 11.8. The normalized spacial score (nSPS) is 11.3. The van der Waals surface area contributed by atoms with E-state index in [4.69, 9.17) is 0 Å². The Kier molecular flexibility index (Phi) is 4.53. The first-order valence-corrected chi connectivity index (χ1v) is 7.18. The zero-order chi connectivity index (χ0) is 13.1. The van der Waals surface area contributed by atoms with Gasteiger partial charge in [0.15, 0.2) is 0 Å². The standard InChI is InChI=1S/C10H13BrN2O3S/c1-7(2)12-10(14)13-17(15,16)9-5-3-4-8(11)6-9/h3-7H,1-2H3,(H2,12,13,14). The molecule has 0 heterocycles. The molecule has 17 heavy (non-hydrogen) atoms. The first-order chi connectivity index (χ1) is 7.81. The van der Waals surface area contributed by atoms with Gasteiger partial charge in [0.1, 0.15) is 0 Å². The van der Waals surface area contributed by atoms with Gasteiger partial charge in [-0.05, 0) is 32.0 Å². The van der Waals surface area contributed by atoms with Gasteiger partial charge in [0.2, 0.25) is 0 Å². The second-order valence-corrected chi connectivity index (χ2v) is 6.29. The number of urea groups is 1. The highest BCUT2D eigenvalue weighted by atomic mass is 79.9. The highest BCUT2D eigenvalue weighted by Crippen LogP contribution is 2.15. The molecule has 1 rings (SSSR count). The fourth-order valence-electron chi connectivity index (χ4n) is 1.11. The van der Waals surface area contributed by atoms with Gasteiger partial charge in [-0.2, -0.15) is 0 Å². The summed E-state index contributed by atoms with van der Waals surface area (Å²) in [5, 5.41) is 2.44. The molecule has 94 valence electrons. The van der Waals surface area contributed by atoms with Crippen LogP contribution in [0, 0.1) is 0 Å². The van der Waals surface area contributed by atoms with Gasteiger partial charge in [-0.15, -0.1) is 0 Å². The summed E-state index contributed by atoms with van der Waals surface area (Å²) < 4.78 is 26.1. The summed E-state index contributed by atoms with van der Waals surface area (Å²) in [4.78, 5) is 11.3. The second kappa shape index (κ2) is 5.50. The molecule has 7 heteroatoms. The quantitative estimate of drug-likeness (QED) is 0.892. The Morgan fingerprint density at radius 1 is 1.35 bits per heavy atom. The van der Waals surface area contributed by atoms with Crippen LogP contribution in [0.15, 0.2) is 33.6 Å². The lowest BCUT2D eigenvalue weighted by Crippen LogP contribution is -2.42. The van der Waals surface area contributed by atoms with E-state index in [0.29, 0.717) is 4.47 Å². The van der Waals surface area contributed by atoms with Crippen molar-refractivity contribution in [2.24, 2.45) is 0 Å². The summed E-state index contributed by atoms with van der Waals surface area (Å²) in [5.74, 6) is 0. The molecule has 0 radical (unpaired) electrons. The average molecular weight is 321 g/mol.